The zero-order chi connectivity index (χ0) is 43.3. The van der Waals surface area contributed by atoms with E-state index in [4.69, 9.17) is 42.6 Å². The van der Waals surface area contributed by atoms with Crippen LogP contribution in [0.3, 0.4) is 0 Å². The van der Waals surface area contributed by atoms with Crippen molar-refractivity contribution in [3.63, 3.8) is 0 Å². The van der Waals surface area contributed by atoms with Crippen LogP contribution in [0.25, 0.3) is 0 Å². The van der Waals surface area contributed by atoms with E-state index in [-0.39, 0.29) is 11.3 Å². The molecule has 58 heavy (non-hydrogen) atoms. The van der Waals surface area contributed by atoms with Gasteiger partial charge in [0, 0.05) is 41.0 Å². The third-order valence-corrected chi connectivity index (χ3v) is 10.2. The summed E-state index contributed by atoms with van der Waals surface area (Å²) in [5.74, 6) is -6.15. The minimum atomic E-state index is -3.75. The lowest BCUT2D eigenvalue weighted by molar-refractivity contribution is -0.329. The first kappa shape index (κ1) is 47.6. The molecule has 0 saturated carbocycles. The van der Waals surface area contributed by atoms with Gasteiger partial charge in [-0.2, -0.15) is 0 Å². The number of nitrogens with one attached hydrogen (secondary N) is 2. The molecular formula is C36H50N2O19S. The van der Waals surface area contributed by atoms with Gasteiger partial charge in [0.05, 0.1) is 16.8 Å². The zero-order valence-corrected chi connectivity index (χ0v) is 33.8. The lowest BCUT2D eigenvalue weighted by atomic mass is 9.95. The van der Waals surface area contributed by atoms with Crippen LogP contribution in [-0.4, -0.2) is 148 Å². The standard InChI is InChI=1S/C36H50N2O19S/c1-18(35(46)49-13-14-58(47,48)25-11-9-8-10-12-25)37-34(45)19(2)52-26-15-29(44)55-27(16-50-21(4)40)31(26)57-36-30(38-20(3)39)33(54-24(7)43)32(53-23(6)42)28(56-36)17-51-22(5)41/h8-12,18-19,26-33,36,44H,13-17H2,1-7H3,(H,37,45)(H,38,39)/t18-,19+,26+,27?,28-,29-,30?,31-,32+,33?,36-/m0/s1. The maximum absolute atomic E-state index is 13.3. The van der Waals surface area contributed by atoms with Crippen LogP contribution in [0.15, 0.2) is 35.2 Å². The van der Waals surface area contributed by atoms with Gasteiger partial charge in [0.25, 0.3) is 0 Å². The Labute approximate surface area is 334 Å². The number of hydrogen-bond donors (Lipinski definition) is 3. The lowest BCUT2D eigenvalue weighted by Gasteiger charge is -2.48. The lowest BCUT2D eigenvalue weighted by Crippen LogP contribution is -2.68. The highest BCUT2D eigenvalue weighted by Crippen LogP contribution is 2.33. The van der Waals surface area contributed by atoms with Crippen molar-refractivity contribution in [2.75, 3.05) is 25.6 Å². The fourth-order valence-electron chi connectivity index (χ4n) is 5.95. The Kier molecular flexibility index (Phi) is 18.0. The third kappa shape index (κ3) is 14.6. The number of rotatable bonds is 18. The summed E-state index contributed by atoms with van der Waals surface area (Å²) in [6.07, 6.45) is -13.3. The van der Waals surface area contributed by atoms with E-state index in [0.717, 1.165) is 34.6 Å². The number of sulfone groups is 1. The van der Waals surface area contributed by atoms with E-state index in [1.165, 1.54) is 26.0 Å². The van der Waals surface area contributed by atoms with Crippen molar-refractivity contribution in [2.24, 2.45) is 0 Å². The molecule has 0 aromatic heterocycles. The van der Waals surface area contributed by atoms with E-state index in [1.54, 1.807) is 18.2 Å². The number of aliphatic hydroxyl groups excluding tert-OH is 1. The summed E-state index contributed by atoms with van der Waals surface area (Å²) in [4.78, 5) is 86.6. The van der Waals surface area contributed by atoms with Crippen molar-refractivity contribution in [3.05, 3.63) is 30.3 Å². The number of hydrogen-bond acceptors (Lipinski definition) is 19. The molecular weight excluding hydrogens is 796 g/mol. The highest BCUT2D eigenvalue weighted by atomic mass is 32.2. The average Bonchev–Trinajstić information content (AvgIpc) is 3.12. The molecule has 3 unspecified atom stereocenters. The zero-order valence-electron chi connectivity index (χ0n) is 33.0. The molecule has 1 aromatic rings. The fourth-order valence-corrected chi connectivity index (χ4v) is 7.06. The van der Waals surface area contributed by atoms with Crippen molar-refractivity contribution >= 4 is 51.5 Å². The maximum atomic E-state index is 13.3. The summed E-state index contributed by atoms with van der Waals surface area (Å²) in [5.41, 5.74) is 0. The van der Waals surface area contributed by atoms with E-state index >= 15 is 0 Å². The Hall–Kier alpha value is -4.74. The van der Waals surface area contributed by atoms with Crippen molar-refractivity contribution in [2.45, 2.75) is 127 Å². The molecule has 1 aromatic carbocycles. The average molecular weight is 847 g/mol. The number of amides is 2. The summed E-state index contributed by atoms with van der Waals surface area (Å²) >= 11 is 0. The largest absolute Gasteiger partial charge is 0.463 e. The predicted molar refractivity (Wildman–Crippen MR) is 192 cm³/mol. The molecule has 2 amide bonds. The normalized spacial score (nSPS) is 26.8. The summed E-state index contributed by atoms with van der Waals surface area (Å²) in [5, 5.41) is 15.6. The van der Waals surface area contributed by atoms with Crippen LogP contribution < -0.4 is 10.6 Å². The van der Waals surface area contributed by atoms with Gasteiger partial charge in [0.15, 0.2) is 34.6 Å². The Morgan fingerprint density at radius 3 is 1.91 bits per heavy atom. The second-order valence-corrected chi connectivity index (χ2v) is 15.4. The van der Waals surface area contributed by atoms with Gasteiger partial charge < -0.3 is 58.4 Å². The molecule has 0 spiro atoms. The van der Waals surface area contributed by atoms with Crippen molar-refractivity contribution in [1.82, 2.24) is 10.6 Å². The monoisotopic (exact) mass is 846 g/mol. The molecule has 324 valence electrons. The number of carbonyl (C=O) groups is 7. The first-order valence-electron chi connectivity index (χ1n) is 18.1. The van der Waals surface area contributed by atoms with Crippen LogP contribution in [0.1, 0.15) is 54.9 Å². The van der Waals surface area contributed by atoms with Crippen LogP contribution >= 0.6 is 0 Å². The summed E-state index contributed by atoms with van der Waals surface area (Å²) < 4.78 is 75.5. The molecule has 3 rings (SSSR count). The van der Waals surface area contributed by atoms with Crippen molar-refractivity contribution in [3.8, 4) is 0 Å². The van der Waals surface area contributed by atoms with Crippen LogP contribution in [0.2, 0.25) is 0 Å². The number of carbonyl (C=O) groups excluding carboxylic acids is 7. The number of aliphatic hydroxyl groups is 1. The molecule has 0 radical (unpaired) electrons. The Morgan fingerprint density at radius 1 is 0.793 bits per heavy atom. The first-order chi connectivity index (χ1) is 27.2. The van der Waals surface area contributed by atoms with E-state index < -0.39 is 144 Å². The minimum Gasteiger partial charge on any atom is -0.463 e. The Balaban J connectivity index is 1.86. The number of esters is 5. The van der Waals surface area contributed by atoms with Crippen molar-refractivity contribution < 1.29 is 89.7 Å². The quantitative estimate of drug-likeness (QED) is 0.118. The van der Waals surface area contributed by atoms with Gasteiger partial charge in [-0.05, 0) is 26.0 Å². The van der Waals surface area contributed by atoms with Gasteiger partial charge in [0.2, 0.25) is 11.8 Å². The van der Waals surface area contributed by atoms with Gasteiger partial charge >= 0.3 is 29.8 Å². The predicted octanol–water partition coefficient (Wildman–Crippen LogP) is -1.01. The Morgan fingerprint density at radius 2 is 1.36 bits per heavy atom. The molecule has 11 atom stereocenters. The van der Waals surface area contributed by atoms with E-state index in [0.29, 0.717) is 0 Å². The fraction of sp³-hybridized carbons (Fsp3) is 0.639. The second-order valence-electron chi connectivity index (χ2n) is 13.3. The molecule has 2 saturated heterocycles. The van der Waals surface area contributed by atoms with Crippen LogP contribution in [0, 0.1) is 0 Å². The molecule has 2 fully saturated rings. The smallest absolute Gasteiger partial charge is 0.328 e. The number of benzene rings is 1. The van der Waals surface area contributed by atoms with E-state index in [9.17, 15) is 47.1 Å². The van der Waals surface area contributed by atoms with Crippen LogP contribution in [0.5, 0.6) is 0 Å². The highest BCUT2D eigenvalue weighted by molar-refractivity contribution is 7.91. The van der Waals surface area contributed by atoms with Gasteiger partial charge in [-0.25, -0.2) is 13.2 Å². The first-order valence-corrected chi connectivity index (χ1v) is 19.8. The van der Waals surface area contributed by atoms with E-state index in [1.807, 2.05) is 0 Å². The number of ether oxygens (including phenoxy) is 9. The van der Waals surface area contributed by atoms with Crippen LogP contribution in [-0.2, 0) is 86.0 Å². The molecule has 3 N–H and O–H groups in total. The molecule has 0 bridgehead atoms. The van der Waals surface area contributed by atoms with E-state index in [2.05, 4.69) is 10.6 Å². The minimum absolute atomic E-state index is 0.0480. The highest BCUT2D eigenvalue weighted by Gasteiger charge is 2.54. The SMILES string of the molecule is CC(=O)NC1C(OC(C)=O)[C@H](OC(C)=O)[C@H](COC(C)=O)O[C@H]1O[C@@H]1C(COC(C)=O)O[C@H](O)C[C@H]1O[C@H](C)C(=O)N[C@@H](C)C(=O)OCCS(=O)(=O)c1ccccc1. The molecule has 2 aliphatic rings. The summed E-state index contributed by atoms with van der Waals surface area (Å²) in [7, 11) is -3.75. The molecule has 2 aliphatic heterocycles. The molecule has 2 heterocycles. The third-order valence-electron chi connectivity index (χ3n) is 8.47. The van der Waals surface area contributed by atoms with Gasteiger partial charge in [-0.15, -0.1) is 0 Å². The maximum Gasteiger partial charge on any atom is 0.328 e. The van der Waals surface area contributed by atoms with Crippen LogP contribution in [0.4, 0.5) is 0 Å². The van der Waals surface area contributed by atoms with Crippen molar-refractivity contribution in [1.29, 1.82) is 0 Å². The Bertz CT molecular complexity index is 1730. The molecule has 0 aliphatic carbocycles. The topological polar surface area (TPSA) is 281 Å². The molecule has 21 nitrogen and oxygen atoms in total. The summed E-state index contributed by atoms with van der Waals surface area (Å²) in [6.45, 7) is 6.52. The second kappa shape index (κ2) is 21.9. The van der Waals surface area contributed by atoms with Gasteiger partial charge in [-0.1, -0.05) is 18.2 Å². The van der Waals surface area contributed by atoms with Gasteiger partial charge in [0.1, 0.15) is 56.3 Å². The van der Waals surface area contributed by atoms with Gasteiger partial charge in [-0.3, -0.25) is 28.8 Å². The molecule has 22 heteroatoms. The summed E-state index contributed by atoms with van der Waals surface area (Å²) in [6, 6.07) is 4.85.